The minimum absolute atomic E-state index is 0.0509. The Balaban J connectivity index is 1.17. The van der Waals surface area contributed by atoms with E-state index in [0.717, 1.165) is 31.4 Å². The quantitative estimate of drug-likeness (QED) is 0.568. The van der Waals surface area contributed by atoms with Crippen molar-refractivity contribution in [1.82, 2.24) is 20.0 Å². The fourth-order valence-corrected chi connectivity index (χ4v) is 4.77. The first-order chi connectivity index (χ1) is 16.1. The van der Waals surface area contributed by atoms with Gasteiger partial charge >= 0.3 is 0 Å². The van der Waals surface area contributed by atoms with Crippen LogP contribution in [0.2, 0.25) is 0 Å². The highest BCUT2D eigenvalue weighted by atomic mass is 16.2. The molecule has 0 radical (unpaired) electrons. The van der Waals surface area contributed by atoms with Crippen LogP contribution in [-0.2, 0) is 17.8 Å². The third kappa shape index (κ3) is 4.18. The average molecular weight is 443 g/mol. The van der Waals surface area contributed by atoms with Gasteiger partial charge in [-0.1, -0.05) is 42.5 Å². The summed E-state index contributed by atoms with van der Waals surface area (Å²) in [5.41, 5.74) is 4.35. The monoisotopic (exact) mass is 442 g/mol. The molecule has 1 atom stereocenters. The minimum Gasteiger partial charge on any atom is -0.349 e. The largest absolute Gasteiger partial charge is 0.349 e. The van der Waals surface area contributed by atoms with Gasteiger partial charge in [-0.2, -0.15) is 5.10 Å². The maximum atomic E-state index is 12.6. The molecule has 7 nitrogen and oxygen atoms in total. The fourth-order valence-electron chi connectivity index (χ4n) is 4.77. The van der Waals surface area contributed by atoms with Crippen molar-refractivity contribution in [2.45, 2.75) is 44.7 Å². The van der Waals surface area contributed by atoms with E-state index in [0.29, 0.717) is 17.5 Å². The maximum absolute atomic E-state index is 12.6. The lowest BCUT2D eigenvalue weighted by Crippen LogP contribution is -2.33. The first-order valence-corrected chi connectivity index (χ1v) is 11.4. The molecule has 5 rings (SSSR count). The van der Waals surface area contributed by atoms with Crippen LogP contribution in [-0.4, -0.2) is 38.9 Å². The Hall–Kier alpha value is -3.74. The van der Waals surface area contributed by atoms with Crippen LogP contribution in [0.3, 0.4) is 0 Å². The predicted octanol–water partition coefficient (Wildman–Crippen LogP) is 3.50. The first kappa shape index (κ1) is 21.1. The Kier molecular flexibility index (Phi) is 5.77. The van der Waals surface area contributed by atoms with Crippen molar-refractivity contribution < 1.29 is 14.4 Å². The van der Waals surface area contributed by atoms with Gasteiger partial charge in [0.2, 0.25) is 5.91 Å². The topological polar surface area (TPSA) is 84.3 Å². The molecule has 3 aromatic rings. The van der Waals surface area contributed by atoms with Crippen molar-refractivity contribution >= 4 is 17.7 Å². The van der Waals surface area contributed by atoms with E-state index in [9.17, 15) is 14.4 Å². The van der Waals surface area contributed by atoms with Crippen LogP contribution in [0.15, 0.2) is 60.8 Å². The number of fused-ring (bicyclic) bond motifs is 2. The SMILES string of the molecule is O=C(CCCN1C(=O)c2ccccc2C1=O)N[C@@H]1CCCc2c1cnn2Cc1ccccc1. The highest BCUT2D eigenvalue weighted by molar-refractivity contribution is 6.21. The van der Waals surface area contributed by atoms with Gasteiger partial charge in [-0.15, -0.1) is 0 Å². The molecule has 33 heavy (non-hydrogen) atoms. The van der Waals surface area contributed by atoms with Gasteiger partial charge in [0, 0.05) is 24.2 Å². The lowest BCUT2D eigenvalue weighted by atomic mass is 9.92. The van der Waals surface area contributed by atoms with Gasteiger partial charge in [-0.25, -0.2) is 0 Å². The highest BCUT2D eigenvalue weighted by Gasteiger charge is 2.34. The highest BCUT2D eigenvalue weighted by Crippen LogP contribution is 2.30. The van der Waals surface area contributed by atoms with E-state index in [2.05, 4.69) is 22.5 Å². The van der Waals surface area contributed by atoms with E-state index in [1.807, 2.05) is 29.1 Å². The molecule has 1 aliphatic carbocycles. The summed E-state index contributed by atoms with van der Waals surface area (Å²) >= 11 is 0. The summed E-state index contributed by atoms with van der Waals surface area (Å²) in [4.78, 5) is 38.8. The molecule has 1 N–H and O–H groups in total. The summed E-state index contributed by atoms with van der Waals surface area (Å²) in [6, 6.07) is 17.0. The van der Waals surface area contributed by atoms with Crippen LogP contribution in [0.1, 0.15) is 69.3 Å². The van der Waals surface area contributed by atoms with Crippen LogP contribution in [0.25, 0.3) is 0 Å². The molecule has 2 aliphatic rings. The number of carbonyl (C=O) groups excluding carboxylic acids is 3. The molecule has 0 saturated carbocycles. The molecule has 1 aliphatic heterocycles. The molecule has 1 aromatic heterocycles. The lowest BCUT2D eigenvalue weighted by molar-refractivity contribution is -0.122. The molecule has 0 fully saturated rings. The summed E-state index contributed by atoms with van der Waals surface area (Å²) in [7, 11) is 0. The number of carbonyl (C=O) groups is 3. The first-order valence-electron chi connectivity index (χ1n) is 11.4. The normalized spacial score (nSPS) is 17.1. The molecular formula is C26H26N4O3. The van der Waals surface area contributed by atoms with Crippen LogP contribution < -0.4 is 5.32 Å². The zero-order valence-electron chi connectivity index (χ0n) is 18.4. The van der Waals surface area contributed by atoms with E-state index in [1.54, 1.807) is 24.3 Å². The second-order valence-electron chi connectivity index (χ2n) is 8.61. The summed E-state index contributed by atoms with van der Waals surface area (Å²) < 4.78 is 2.03. The number of hydrogen-bond donors (Lipinski definition) is 1. The number of benzene rings is 2. The fraction of sp³-hybridized carbons (Fsp3) is 0.308. The van der Waals surface area contributed by atoms with E-state index < -0.39 is 0 Å². The second kappa shape index (κ2) is 9.02. The Morgan fingerprint density at radius 2 is 1.70 bits per heavy atom. The lowest BCUT2D eigenvalue weighted by Gasteiger charge is -2.24. The molecule has 7 heteroatoms. The number of imide groups is 1. The van der Waals surface area contributed by atoms with E-state index in [4.69, 9.17) is 0 Å². The second-order valence-corrected chi connectivity index (χ2v) is 8.61. The van der Waals surface area contributed by atoms with Crippen molar-refractivity contribution in [2.24, 2.45) is 0 Å². The molecule has 0 bridgehead atoms. The van der Waals surface area contributed by atoms with Gasteiger partial charge in [0.25, 0.3) is 11.8 Å². The van der Waals surface area contributed by atoms with Crippen LogP contribution >= 0.6 is 0 Å². The van der Waals surface area contributed by atoms with Gasteiger partial charge in [0.1, 0.15) is 0 Å². The van der Waals surface area contributed by atoms with Crippen LogP contribution in [0, 0.1) is 0 Å². The zero-order valence-corrected chi connectivity index (χ0v) is 18.4. The molecule has 0 unspecified atom stereocenters. The van der Waals surface area contributed by atoms with E-state index >= 15 is 0 Å². The Bertz CT molecular complexity index is 1170. The Labute approximate surface area is 192 Å². The average Bonchev–Trinajstić information content (AvgIpc) is 3.35. The molecule has 3 amide bonds. The van der Waals surface area contributed by atoms with E-state index in [1.165, 1.54) is 16.2 Å². The summed E-state index contributed by atoms with van der Waals surface area (Å²) in [6.07, 6.45) is 5.40. The van der Waals surface area contributed by atoms with Gasteiger partial charge in [0.15, 0.2) is 0 Å². The molecule has 0 saturated heterocycles. The summed E-state index contributed by atoms with van der Waals surface area (Å²) in [6.45, 7) is 0.960. The standard InChI is InChI=1S/C26H26N4O3/c31-24(14-7-15-29-25(32)19-10-4-5-11-20(19)26(29)33)28-22-12-6-13-23-21(22)16-27-30(23)17-18-8-2-1-3-9-18/h1-5,8-11,16,22H,6-7,12-15,17H2,(H,28,31)/t22-/m1/s1. The number of amides is 3. The van der Waals surface area contributed by atoms with Gasteiger partial charge in [-0.05, 0) is 43.4 Å². The minimum atomic E-state index is -0.279. The molecule has 2 aromatic carbocycles. The molecular weight excluding hydrogens is 416 g/mol. The number of hydrogen-bond acceptors (Lipinski definition) is 4. The van der Waals surface area contributed by atoms with Gasteiger partial charge in [-0.3, -0.25) is 24.0 Å². The third-order valence-electron chi connectivity index (χ3n) is 6.44. The molecule has 0 spiro atoms. The number of rotatable bonds is 7. The molecule has 2 heterocycles. The van der Waals surface area contributed by atoms with Crippen LogP contribution in [0.5, 0.6) is 0 Å². The number of nitrogens with one attached hydrogen (secondary N) is 1. The van der Waals surface area contributed by atoms with Crippen molar-refractivity contribution in [2.75, 3.05) is 6.54 Å². The Morgan fingerprint density at radius 3 is 2.42 bits per heavy atom. The van der Waals surface area contributed by atoms with E-state index in [-0.39, 0.29) is 36.7 Å². The number of aromatic nitrogens is 2. The van der Waals surface area contributed by atoms with Crippen molar-refractivity contribution in [3.63, 3.8) is 0 Å². The number of nitrogens with zero attached hydrogens (tertiary/aromatic N) is 3. The van der Waals surface area contributed by atoms with Gasteiger partial charge in [0.05, 0.1) is 29.9 Å². The predicted molar refractivity (Wildman–Crippen MR) is 123 cm³/mol. The summed E-state index contributed by atoms with van der Waals surface area (Å²) in [5, 5.41) is 7.72. The van der Waals surface area contributed by atoms with Crippen molar-refractivity contribution in [3.05, 3.63) is 88.7 Å². The third-order valence-corrected chi connectivity index (χ3v) is 6.44. The maximum Gasteiger partial charge on any atom is 0.261 e. The smallest absolute Gasteiger partial charge is 0.261 e. The van der Waals surface area contributed by atoms with Gasteiger partial charge < -0.3 is 5.32 Å². The zero-order chi connectivity index (χ0) is 22.8. The summed E-state index contributed by atoms with van der Waals surface area (Å²) in [5.74, 6) is -0.627. The van der Waals surface area contributed by atoms with Crippen molar-refractivity contribution in [1.29, 1.82) is 0 Å². The van der Waals surface area contributed by atoms with Crippen LogP contribution in [0.4, 0.5) is 0 Å². The Morgan fingerprint density at radius 1 is 1.00 bits per heavy atom. The molecule has 168 valence electrons. The van der Waals surface area contributed by atoms with Crippen molar-refractivity contribution in [3.8, 4) is 0 Å².